The van der Waals surface area contributed by atoms with Crippen molar-refractivity contribution in [3.05, 3.63) is 48.0 Å². The molecule has 0 N–H and O–H groups in total. The van der Waals surface area contributed by atoms with Gasteiger partial charge < -0.3 is 9.47 Å². The lowest BCUT2D eigenvalue weighted by Crippen LogP contribution is -2.36. The number of methoxy groups -OCH3 is 1. The van der Waals surface area contributed by atoms with Crippen LogP contribution in [-0.2, 0) is 11.2 Å². The second-order valence-corrected chi connectivity index (χ2v) is 5.82. The third-order valence-corrected chi connectivity index (χ3v) is 4.23. The summed E-state index contributed by atoms with van der Waals surface area (Å²) in [5.41, 5.74) is 3.45. The molecule has 23 heavy (non-hydrogen) atoms. The summed E-state index contributed by atoms with van der Waals surface area (Å²) < 4.78 is 10.6. The SMILES string of the molecule is COc1cccc(-c2ccc(CCCN3CCOCC3)cc2)n1. The zero-order valence-corrected chi connectivity index (χ0v) is 13.7. The quantitative estimate of drug-likeness (QED) is 0.821. The molecule has 0 radical (unpaired) electrons. The second kappa shape index (κ2) is 8.09. The van der Waals surface area contributed by atoms with E-state index in [1.165, 1.54) is 12.0 Å². The van der Waals surface area contributed by atoms with Crippen LogP contribution in [0.4, 0.5) is 0 Å². The maximum absolute atomic E-state index is 5.38. The topological polar surface area (TPSA) is 34.6 Å². The molecule has 4 heteroatoms. The van der Waals surface area contributed by atoms with Crippen LogP contribution in [0, 0.1) is 0 Å². The van der Waals surface area contributed by atoms with Gasteiger partial charge in [0, 0.05) is 24.7 Å². The van der Waals surface area contributed by atoms with E-state index >= 15 is 0 Å². The molecule has 1 aromatic carbocycles. The fourth-order valence-electron chi connectivity index (χ4n) is 2.86. The number of nitrogens with zero attached hydrogens (tertiary/aromatic N) is 2. The first-order valence-electron chi connectivity index (χ1n) is 8.25. The highest BCUT2D eigenvalue weighted by molar-refractivity contribution is 5.59. The molecule has 0 unspecified atom stereocenters. The van der Waals surface area contributed by atoms with Crippen LogP contribution in [0.15, 0.2) is 42.5 Å². The van der Waals surface area contributed by atoms with Gasteiger partial charge in [-0.2, -0.15) is 0 Å². The number of benzene rings is 1. The lowest BCUT2D eigenvalue weighted by molar-refractivity contribution is 0.0375. The molecule has 0 spiro atoms. The number of pyridine rings is 1. The molecule has 3 rings (SSSR count). The standard InChI is InChI=1S/C19H24N2O2/c1-22-19-6-2-5-18(20-19)17-9-7-16(8-10-17)4-3-11-21-12-14-23-15-13-21/h2,5-10H,3-4,11-15H2,1H3. The molecule has 1 saturated heterocycles. The Morgan fingerprint density at radius 2 is 1.87 bits per heavy atom. The van der Waals surface area contributed by atoms with Gasteiger partial charge in [0.2, 0.25) is 5.88 Å². The number of aromatic nitrogens is 1. The molecule has 122 valence electrons. The van der Waals surface area contributed by atoms with Gasteiger partial charge in [-0.25, -0.2) is 4.98 Å². The first kappa shape index (κ1) is 16.0. The predicted octanol–water partition coefficient (Wildman–Crippen LogP) is 3.02. The van der Waals surface area contributed by atoms with Crippen LogP contribution in [0.2, 0.25) is 0 Å². The average molecular weight is 312 g/mol. The summed E-state index contributed by atoms with van der Waals surface area (Å²) in [4.78, 5) is 6.96. The minimum absolute atomic E-state index is 0.650. The molecule has 0 saturated carbocycles. The molecule has 0 aliphatic carbocycles. The summed E-state index contributed by atoms with van der Waals surface area (Å²) in [5, 5.41) is 0. The maximum atomic E-state index is 5.38. The van der Waals surface area contributed by atoms with Gasteiger partial charge in [0.05, 0.1) is 26.0 Å². The fourth-order valence-corrected chi connectivity index (χ4v) is 2.86. The molecular formula is C19H24N2O2. The van der Waals surface area contributed by atoms with E-state index in [2.05, 4.69) is 34.1 Å². The van der Waals surface area contributed by atoms with Crippen LogP contribution in [0.5, 0.6) is 5.88 Å². The smallest absolute Gasteiger partial charge is 0.213 e. The monoisotopic (exact) mass is 312 g/mol. The molecule has 0 bridgehead atoms. The van der Waals surface area contributed by atoms with Crippen LogP contribution < -0.4 is 4.74 Å². The van der Waals surface area contributed by atoms with E-state index in [1.54, 1.807) is 7.11 Å². The lowest BCUT2D eigenvalue weighted by atomic mass is 10.0. The Labute approximate surface area is 138 Å². The van der Waals surface area contributed by atoms with Crippen LogP contribution in [0.1, 0.15) is 12.0 Å². The molecule has 2 heterocycles. The van der Waals surface area contributed by atoms with Crippen molar-refractivity contribution in [1.82, 2.24) is 9.88 Å². The van der Waals surface area contributed by atoms with E-state index in [4.69, 9.17) is 9.47 Å². The highest BCUT2D eigenvalue weighted by Gasteiger charge is 2.09. The summed E-state index contributed by atoms with van der Waals surface area (Å²) in [7, 11) is 1.64. The van der Waals surface area contributed by atoms with Gasteiger partial charge in [0.25, 0.3) is 0 Å². The number of rotatable bonds is 6. The summed E-state index contributed by atoms with van der Waals surface area (Å²) >= 11 is 0. The predicted molar refractivity (Wildman–Crippen MR) is 91.8 cm³/mol. The van der Waals surface area contributed by atoms with Crippen molar-refractivity contribution in [2.24, 2.45) is 0 Å². The zero-order chi connectivity index (χ0) is 15.9. The van der Waals surface area contributed by atoms with Crippen molar-refractivity contribution >= 4 is 0 Å². The van der Waals surface area contributed by atoms with Gasteiger partial charge in [0.1, 0.15) is 0 Å². The highest BCUT2D eigenvalue weighted by Crippen LogP contribution is 2.20. The van der Waals surface area contributed by atoms with E-state index in [0.29, 0.717) is 5.88 Å². The molecular weight excluding hydrogens is 288 g/mol. The van der Waals surface area contributed by atoms with E-state index < -0.39 is 0 Å². The first-order valence-corrected chi connectivity index (χ1v) is 8.25. The molecule has 2 aromatic rings. The van der Waals surface area contributed by atoms with Gasteiger partial charge >= 0.3 is 0 Å². The third kappa shape index (κ3) is 4.53. The summed E-state index contributed by atoms with van der Waals surface area (Å²) in [6.07, 6.45) is 2.31. The highest BCUT2D eigenvalue weighted by atomic mass is 16.5. The Bertz CT molecular complexity index is 607. The van der Waals surface area contributed by atoms with Gasteiger partial charge in [-0.15, -0.1) is 0 Å². The summed E-state index contributed by atoms with van der Waals surface area (Å²) in [6, 6.07) is 14.5. The van der Waals surface area contributed by atoms with Crippen LogP contribution in [0.3, 0.4) is 0 Å². The molecule has 0 atom stereocenters. The lowest BCUT2D eigenvalue weighted by Gasteiger charge is -2.26. The van der Waals surface area contributed by atoms with Gasteiger partial charge in [0.15, 0.2) is 0 Å². The summed E-state index contributed by atoms with van der Waals surface area (Å²) in [6.45, 7) is 5.05. The van der Waals surface area contributed by atoms with Crippen LogP contribution in [-0.4, -0.2) is 49.8 Å². The van der Waals surface area contributed by atoms with Crippen molar-refractivity contribution < 1.29 is 9.47 Å². The minimum Gasteiger partial charge on any atom is -0.481 e. The Morgan fingerprint density at radius 3 is 2.61 bits per heavy atom. The molecule has 1 aromatic heterocycles. The molecule has 1 fully saturated rings. The van der Waals surface area contributed by atoms with Crippen molar-refractivity contribution in [2.75, 3.05) is 40.0 Å². The van der Waals surface area contributed by atoms with Gasteiger partial charge in [-0.3, -0.25) is 4.90 Å². The van der Waals surface area contributed by atoms with E-state index in [9.17, 15) is 0 Å². The average Bonchev–Trinajstić information content (AvgIpc) is 2.63. The molecule has 1 aliphatic heterocycles. The van der Waals surface area contributed by atoms with Crippen LogP contribution >= 0.6 is 0 Å². The maximum Gasteiger partial charge on any atom is 0.213 e. The van der Waals surface area contributed by atoms with E-state index in [1.807, 2.05) is 18.2 Å². The minimum atomic E-state index is 0.650. The van der Waals surface area contributed by atoms with E-state index in [0.717, 1.165) is 50.5 Å². The first-order chi connectivity index (χ1) is 11.3. The molecule has 0 amide bonds. The number of aryl methyl sites for hydroxylation is 1. The van der Waals surface area contributed by atoms with Crippen molar-refractivity contribution in [2.45, 2.75) is 12.8 Å². The fraction of sp³-hybridized carbons (Fsp3) is 0.421. The Morgan fingerprint density at radius 1 is 1.09 bits per heavy atom. The Balaban J connectivity index is 1.54. The van der Waals surface area contributed by atoms with Crippen molar-refractivity contribution in [3.8, 4) is 17.1 Å². The summed E-state index contributed by atoms with van der Waals surface area (Å²) in [5.74, 6) is 0.650. The Kier molecular flexibility index (Phi) is 5.61. The van der Waals surface area contributed by atoms with Crippen LogP contribution in [0.25, 0.3) is 11.3 Å². The number of ether oxygens (including phenoxy) is 2. The second-order valence-electron chi connectivity index (χ2n) is 5.82. The van der Waals surface area contributed by atoms with Crippen molar-refractivity contribution in [1.29, 1.82) is 0 Å². The van der Waals surface area contributed by atoms with Gasteiger partial charge in [-0.1, -0.05) is 30.3 Å². The number of morpholine rings is 1. The zero-order valence-electron chi connectivity index (χ0n) is 13.7. The third-order valence-electron chi connectivity index (χ3n) is 4.23. The number of hydrogen-bond donors (Lipinski definition) is 0. The van der Waals surface area contributed by atoms with Gasteiger partial charge in [-0.05, 0) is 31.0 Å². The van der Waals surface area contributed by atoms with Crippen molar-refractivity contribution in [3.63, 3.8) is 0 Å². The molecule has 1 aliphatic rings. The normalized spacial score (nSPS) is 15.5. The number of hydrogen-bond acceptors (Lipinski definition) is 4. The largest absolute Gasteiger partial charge is 0.481 e. The van der Waals surface area contributed by atoms with E-state index in [-0.39, 0.29) is 0 Å². The Hall–Kier alpha value is -1.91. The molecule has 4 nitrogen and oxygen atoms in total.